The zero-order valence-electron chi connectivity index (χ0n) is 14.7. The summed E-state index contributed by atoms with van der Waals surface area (Å²) in [5.41, 5.74) is 1.07. The van der Waals surface area contributed by atoms with Gasteiger partial charge in [0.2, 0.25) is 0 Å². The van der Waals surface area contributed by atoms with Gasteiger partial charge in [0.05, 0.1) is 13.2 Å². The molecule has 0 fully saturated rings. The summed E-state index contributed by atoms with van der Waals surface area (Å²) in [5, 5.41) is 3.32. The van der Waals surface area contributed by atoms with E-state index in [0.29, 0.717) is 10.8 Å². The fraction of sp³-hybridized carbons (Fsp3) is 0.263. The number of nitrogens with one attached hydrogen (secondary N) is 1. The van der Waals surface area contributed by atoms with Crippen molar-refractivity contribution in [2.75, 3.05) is 20.0 Å². The number of thioether (sulfide) groups is 1. The highest BCUT2D eigenvalue weighted by Gasteiger charge is 2.17. The molecule has 0 radical (unpaired) electrons. The molecule has 5 nitrogen and oxygen atoms in total. The first kappa shape index (κ1) is 20.1. The van der Waals surface area contributed by atoms with Crippen LogP contribution in [0.5, 0.6) is 5.75 Å². The van der Waals surface area contributed by atoms with Gasteiger partial charge < -0.3 is 14.8 Å². The second-order valence-electron chi connectivity index (χ2n) is 5.45. The van der Waals surface area contributed by atoms with Gasteiger partial charge in [-0.05, 0) is 43.0 Å². The number of hydrogen-bond acceptors (Lipinski definition) is 5. The maximum absolute atomic E-state index is 12.2. The normalized spacial score (nSPS) is 11.5. The van der Waals surface area contributed by atoms with E-state index in [4.69, 9.17) is 21.1 Å². The minimum atomic E-state index is -0.616. The molecule has 2 aromatic rings. The molecule has 0 aliphatic heterocycles. The molecule has 0 aliphatic carbocycles. The van der Waals surface area contributed by atoms with Gasteiger partial charge in [0.15, 0.2) is 6.61 Å². The molecule has 2 rings (SSSR count). The van der Waals surface area contributed by atoms with Crippen molar-refractivity contribution in [3.8, 4) is 5.75 Å². The minimum absolute atomic E-state index is 0.275. The molecule has 26 heavy (non-hydrogen) atoms. The van der Waals surface area contributed by atoms with Gasteiger partial charge in [-0.15, -0.1) is 11.8 Å². The Balaban J connectivity index is 1.95. The molecule has 0 saturated heterocycles. The van der Waals surface area contributed by atoms with Crippen LogP contribution >= 0.6 is 23.4 Å². The van der Waals surface area contributed by atoms with E-state index in [1.807, 2.05) is 31.4 Å². The van der Waals surface area contributed by atoms with Gasteiger partial charge in [0.1, 0.15) is 11.3 Å². The average molecular weight is 394 g/mol. The van der Waals surface area contributed by atoms with Crippen LogP contribution < -0.4 is 10.1 Å². The molecule has 0 unspecified atom stereocenters. The van der Waals surface area contributed by atoms with E-state index in [2.05, 4.69) is 5.32 Å². The molecule has 0 bridgehead atoms. The lowest BCUT2D eigenvalue weighted by Crippen LogP contribution is -2.31. The predicted octanol–water partition coefficient (Wildman–Crippen LogP) is 4.10. The zero-order chi connectivity index (χ0) is 19.1. The number of esters is 1. The number of carbonyl (C=O) groups is 2. The summed E-state index contributed by atoms with van der Waals surface area (Å²) in [6.45, 7) is 1.42. The van der Waals surface area contributed by atoms with Crippen molar-refractivity contribution in [1.82, 2.24) is 5.32 Å². The average Bonchev–Trinajstić information content (AvgIpc) is 2.65. The first-order valence-electron chi connectivity index (χ1n) is 7.89. The van der Waals surface area contributed by atoms with E-state index in [1.165, 1.54) is 18.9 Å². The molecule has 2 aromatic carbocycles. The third-order valence-corrected chi connectivity index (χ3v) is 4.78. The number of carbonyl (C=O) groups excluding carboxylic acids is 2. The second kappa shape index (κ2) is 9.50. The number of benzene rings is 2. The lowest BCUT2D eigenvalue weighted by Gasteiger charge is -2.16. The van der Waals surface area contributed by atoms with Gasteiger partial charge in [0, 0.05) is 9.92 Å². The van der Waals surface area contributed by atoms with E-state index in [0.717, 1.165) is 10.5 Å². The monoisotopic (exact) mass is 393 g/mol. The molecule has 1 amide bonds. The topological polar surface area (TPSA) is 64.6 Å². The van der Waals surface area contributed by atoms with Crippen molar-refractivity contribution in [2.24, 2.45) is 0 Å². The smallest absolute Gasteiger partial charge is 0.342 e. The summed E-state index contributed by atoms with van der Waals surface area (Å²) < 4.78 is 10.3. The summed E-state index contributed by atoms with van der Waals surface area (Å²) in [4.78, 5) is 25.3. The second-order valence-corrected chi connectivity index (χ2v) is 6.74. The summed E-state index contributed by atoms with van der Waals surface area (Å²) in [7, 11) is 1.48. The molecule has 138 valence electrons. The van der Waals surface area contributed by atoms with Gasteiger partial charge in [-0.1, -0.05) is 29.8 Å². The summed E-state index contributed by atoms with van der Waals surface area (Å²) in [6.07, 6.45) is 1.93. The van der Waals surface area contributed by atoms with Crippen LogP contribution in [0.15, 0.2) is 47.4 Å². The van der Waals surface area contributed by atoms with Gasteiger partial charge in [-0.25, -0.2) is 4.79 Å². The van der Waals surface area contributed by atoms with Crippen LogP contribution in [0.3, 0.4) is 0 Å². The number of hydrogen-bond donors (Lipinski definition) is 1. The Morgan fingerprint density at radius 1 is 1.23 bits per heavy atom. The quantitative estimate of drug-likeness (QED) is 0.566. The van der Waals surface area contributed by atoms with Crippen molar-refractivity contribution in [1.29, 1.82) is 0 Å². The minimum Gasteiger partial charge on any atom is -0.496 e. The van der Waals surface area contributed by atoms with E-state index < -0.39 is 11.9 Å². The van der Waals surface area contributed by atoms with Crippen molar-refractivity contribution >= 4 is 35.2 Å². The predicted molar refractivity (Wildman–Crippen MR) is 103 cm³/mol. The number of methoxy groups -OCH3 is 1. The molecule has 0 spiro atoms. The summed E-state index contributed by atoms with van der Waals surface area (Å²) >= 11 is 7.65. The lowest BCUT2D eigenvalue weighted by atomic mass is 10.1. The SMILES string of the molecule is COc1cc(SC)ccc1C(=O)OCC(=O)N[C@@H](C)c1ccccc1Cl. The third-order valence-electron chi connectivity index (χ3n) is 3.71. The fourth-order valence-corrected chi connectivity index (χ4v) is 3.09. The largest absolute Gasteiger partial charge is 0.496 e. The van der Waals surface area contributed by atoms with Gasteiger partial charge in [-0.2, -0.15) is 0 Å². The Labute approximate surface area is 162 Å². The Hall–Kier alpha value is -2.18. The van der Waals surface area contributed by atoms with E-state index in [9.17, 15) is 9.59 Å². The van der Waals surface area contributed by atoms with Crippen molar-refractivity contribution in [3.63, 3.8) is 0 Å². The maximum Gasteiger partial charge on any atom is 0.342 e. The highest BCUT2D eigenvalue weighted by atomic mass is 35.5. The number of rotatable bonds is 7. The molecule has 1 atom stereocenters. The molecule has 0 aromatic heterocycles. The summed E-state index contributed by atoms with van der Waals surface area (Å²) in [5.74, 6) is -0.618. The highest BCUT2D eigenvalue weighted by molar-refractivity contribution is 7.98. The van der Waals surface area contributed by atoms with Crippen molar-refractivity contribution in [3.05, 3.63) is 58.6 Å². The third kappa shape index (κ3) is 5.16. The van der Waals surface area contributed by atoms with E-state index >= 15 is 0 Å². The van der Waals surface area contributed by atoms with Crippen LogP contribution in [0, 0.1) is 0 Å². The standard InChI is InChI=1S/C19H20ClNO4S/c1-12(14-6-4-5-7-16(14)20)21-18(22)11-25-19(23)15-9-8-13(26-3)10-17(15)24-2/h4-10,12H,11H2,1-3H3,(H,21,22)/t12-/m0/s1. The fourth-order valence-electron chi connectivity index (χ4n) is 2.36. The Kier molecular flexibility index (Phi) is 7.36. The molecular weight excluding hydrogens is 374 g/mol. The zero-order valence-corrected chi connectivity index (χ0v) is 16.3. The molecule has 0 heterocycles. The molecule has 0 aliphatic rings. The van der Waals surface area contributed by atoms with Crippen molar-refractivity contribution in [2.45, 2.75) is 17.9 Å². The molecule has 1 N–H and O–H groups in total. The van der Waals surface area contributed by atoms with Crippen LogP contribution in [-0.2, 0) is 9.53 Å². The Morgan fingerprint density at radius 2 is 1.96 bits per heavy atom. The maximum atomic E-state index is 12.2. The van der Waals surface area contributed by atoms with Gasteiger partial charge in [0.25, 0.3) is 5.91 Å². The molecule has 0 saturated carbocycles. The number of halogens is 1. The van der Waals surface area contributed by atoms with Gasteiger partial charge >= 0.3 is 5.97 Å². The van der Waals surface area contributed by atoms with Crippen LogP contribution in [0.4, 0.5) is 0 Å². The number of ether oxygens (including phenoxy) is 2. The van der Waals surface area contributed by atoms with Crippen LogP contribution in [-0.4, -0.2) is 31.8 Å². The van der Waals surface area contributed by atoms with Gasteiger partial charge in [-0.3, -0.25) is 4.79 Å². The number of amides is 1. The molecule has 7 heteroatoms. The van der Waals surface area contributed by atoms with Crippen LogP contribution in [0.1, 0.15) is 28.9 Å². The highest BCUT2D eigenvalue weighted by Crippen LogP contribution is 2.26. The van der Waals surface area contributed by atoms with E-state index in [1.54, 1.807) is 24.3 Å². The molecular formula is C19H20ClNO4S. The first-order chi connectivity index (χ1) is 12.5. The Bertz CT molecular complexity index is 797. The summed E-state index contributed by atoms with van der Waals surface area (Å²) in [6, 6.07) is 12.1. The van der Waals surface area contributed by atoms with Crippen LogP contribution in [0.25, 0.3) is 0 Å². The van der Waals surface area contributed by atoms with Crippen LogP contribution in [0.2, 0.25) is 5.02 Å². The van der Waals surface area contributed by atoms with Crippen molar-refractivity contribution < 1.29 is 19.1 Å². The Morgan fingerprint density at radius 3 is 2.62 bits per heavy atom. The first-order valence-corrected chi connectivity index (χ1v) is 9.49. The van der Waals surface area contributed by atoms with E-state index in [-0.39, 0.29) is 18.2 Å². The lowest BCUT2D eigenvalue weighted by molar-refractivity contribution is -0.124.